The molecule has 5 heteroatoms. The van der Waals surface area contributed by atoms with Crippen molar-refractivity contribution in [1.29, 1.82) is 0 Å². The third-order valence-electron chi connectivity index (χ3n) is 5.48. The molecule has 2 heterocycles. The van der Waals surface area contributed by atoms with Gasteiger partial charge in [0.15, 0.2) is 0 Å². The lowest BCUT2D eigenvalue weighted by atomic mass is 9.91. The average Bonchev–Trinajstić information content (AvgIpc) is 2.63. The number of carbonyl (C=O) groups excluding carboxylic acids is 1. The number of nitrogens with zero attached hydrogens (tertiary/aromatic N) is 3. The van der Waals surface area contributed by atoms with Crippen LogP contribution in [0.1, 0.15) is 76.1 Å². The number of amides is 1. The molecule has 0 spiro atoms. The van der Waals surface area contributed by atoms with E-state index in [0.29, 0.717) is 0 Å². The molecule has 132 valence electrons. The van der Waals surface area contributed by atoms with Gasteiger partial charge in [0.1, 0.15) is 0 Å². The van der Waals surface area contributed by atoms with E-state index in [1.165, 1.54) is 19.3 Å². The van der Waals surface area contributed by atoms with Crippen molar-refractivity contribution in [2.24, 2.45) is 5.92 Å². The lowest BCUT2D eigenvalue weighted by Crippen LogP contribution is -2.36. The lowest BCUT2D eigenvalue weighted by molar-refractivity contribution is -0.126. The summed E-state index contributed by atoms with van der Waals surface area (Å²) in [6.45, 7) is 6.29. The number of anilines is 1. The zero-order valence-electron chi connectivity index (χ0n) is 15.1. The Morgan fingerprint density at radius 2 is 2.00 bits per heavy atom. The lowest BCUT2D eigenvalue weighted by Gasteiger charge is -2.30. The van der Waals surface area contributed by atoms with Gasteiger partial charge in [-0.25, -0.2) is 9.97 Å². The first-order valence-electron chi connectivity index (χ1n) is 9.64. The number of hydrogen-bond acceptors (Lipinski definition) is 4. The third-order valence-corrected chi connectivity index (χ3v) is 5.48. The van der Waals surface area contributed by atoms with Gasteiger partial charge in [0.25, 0.3) is 0 Å². The maximum Gasteiger partial charge on any atom is 0.225 e. The van der Waals surface area contributed by atoms with Crippen LogP contribution in [0.5, 0.6) is 0 Å². The van der Waals surface area contributed by atoms with E-state index in [9.17, 15) is 4.79 Å². The molecular formula is C19H30N4O. The first kappa shape index (κ1) is 17.2. The van der Waals surface area contributed by atoms with E-state index in [0.717, 1.165) is 62.4 Å². The van der Waals surface area contributed by atoms with Gasteiger partial charge < -0.3 is 10.2 Å². The predicted octanol–water partition coefficient (Wildman–Crippen LogP) is 3.40. The summed E-state index contributed by atoms with van der Waals surface area (Å²) in [5, 5.41) is 3.24. The predicted molar refractivity (Wildman–Crippen MR) is 96.0 cm³/mol. The second-order valence-electron chi connectivity index (χ2n) is 7.09. The van der Waals surface area contributed by atoms with Crippen molar-refractivity contribution in [3.8, 4) is 0 Å². The molecule has 1 aromatic heterocycles. The Bertz CT molecular complexity index is 564. The third kappa shape index (κ3) is 3.70. The molecule has 5 nitrogen and oxygen atoms in total. The molecule has 1 fully saturated rings. The molecule has 1 amide bonds. The van der Waals surface area contributed by atoms with Gasteiger partial charge in [-0.05, 0) is 51.4 Å². The van der Waals surface area contributed by atoms with Crippen LogP contribution in [-0.4, -0.2) is 29.0 Å². The number of piperidine rings is 1. The number of fused-ring (bicyclic) bond motifs is 1. The fraction of sp³-hybridized carbons (Fsp3) is 0.737. The summed E-state index contributed by atoms with van der Waals surface area (Å²) in [5.41, 5.74) is 2.26. The largest absolute Gasteiger partial charge is 0.349 e. The van der Waals surface area contributed by atoms with Crippen LogP contribution in [0.25, 0.3) is 0 Å². The van der Waals surface area contributed by atoms with Crippen molar-refractivity contribution in [3.05, 3.63) is 17.5 Å². The van der Waals surface area contributed by atoms with Crippen molar-refractivity contribution < 1.29 is 4.79 Å². The Labute approximate surface area is 145 Å². The second-order valence-corrected chi connectivity index (χ2v) is 7.09. The highest BCUT2D eigenvalue weighted by Gasteiger charge is 2.26. The number of aromatic nitrogens is 2. The van der Waals surface area contributed by atoms with Crippen molar-refractivity contribution >= 4 is 11.9 Å². The minimum Gasteiger partial charge on any atom is -0.349 e. The molecule has 0 aromatic carbocycles. The highest BCUT2D eigenvalue weighted by molar-refractivity contribution is 5.79. The molecule has 1 N–H and O–H groups in total. The first-order chi connectivity index (χ1) is 11.7. The maximum atomic E-state index is 12.4. The molecule has 0 bridgehead atoms. The molecule has 1 unspecified atom stereocenters. The van der Waals surface area contributed by atoms with E-state index in [1.807, 2.05) is 6.20 Å². The highest BCUT2D eigenvalue weighted by atomic mass is 16.1. The summed E-state index contributed by atoms with van der Waals surface area (Å²) in [5.74, 6) is 1.17. The van der Waals surface area contributed by atoms with E-state index in [2.05, 4.69) is 29.0 Å². The molecule has 0 saturated carbocycles. The SMILES string of the molecule is CCC(CC)C(=O)NC1CCCc2nc(N3CCCCC3)ncc21. The van der Waals surface area contributed by atoms with Gasteiger partial charge >= 0.3 is 0 Å². The van der Waals surface area contributed by atoms with Gasteiger partial charge in [0.05, 0.1) is 11.7 Å². The summed E-state index contributed by atoms with van der Waals surface area (Å²) in [4.78, 5) is 24.2. The summed E-state index contributed by atoms with van der Waals surface area (Å²) < 4.78 is 0. The monoisotopic (exact) mass is 330 g/mol. The van der Waals surface area contributed by atoms with Gasteiger partial charge in [-0.3, -0.25) is 4.79 Å². The molecule has 1 aliphatic heterocycles. The number of carbonyl (C=O) groups is 1. The molecule has 1 atom stereocenters. The van der Waals surface area contributed by atoms with Gasteiger partial charge in [0, 0.05) is 30.8 Å². The van der Waals surface area contributed by atoms with Crippen LogP contribution in [0, 0.1) is 5.92 Å². The van der Waals surface area contributed by atoms with Gasteiger partial charge in [-0.2, -0.15) is 0 Å². The van der Waals surface area contributed by atoms with Crippen molar-refractivity contribution in [1.82, 2.24) is 15.3 Å². The summed E-state index contributed by atoms with van der Waals surface area (Å²) in [6, 6.07) is 0.0808. The molecule has 2 aliphatic rings. The molecule has 24 heavy (non-hydrogen) atoms. The Hall–Kier alpha value is -1.65. The van der Waals surface area contributed by atoms with Gasteiger partial charge in [0.2, 0.25) is 11.9 Å². The second kappa shape index (κ2) is 7.95. The number of hydrogen-bond donors (Lipinski definition) is 1. The molecular weight excluding hydrogens is 300 g/mol. The minimum atomic E-state index is 0.0808. The van der Waals surface area contributed by atoms with Crippen LogP contribution < -0.4 is 10.2 Å². The molecule has 3 rings (SSSR count). The fourth-order valence-corrected chi connectivity index (χ4v) is 3.88. The fourth-order valence-electron chi connectivity index (χ4n) is 3.88. The van der Waals surface area contributed by atoms with Crippen LogP contribution in [0.15, 0.2) is 6.20 Å². The quantitative estimate of drug-likeness (QED) is 0.899. The normalized spacial score (nSPS) is 20.8. The Morgan fingerprint density at radius 1 is 1.25 bits per heavy atom. The zero-order valence-corrected chi connectivity index (χ0v) is 15.1. The molecule has 0 radical (unpaired) electrons. The van der Waals surface area contributed by atoms with Crippen LogP contribution in [0.3, 0.4) is 0 Å². The zero-order chi connectivity index (χ0) is 16.9. The molecule has 1 aromatic rings. The van der Waals surface area contributed by atoms with E-state index in [-0.39, 0.29) is 17.9 Å². The molecule has 1 aliphatic carbocycles. The van der Waals surface area contributed by atoms with Crippen molar-refractivity contribution in [3.63, 3.8) is 0 Å². The smallest absolute Gasteiger partial charge is 0.225 e. The standard InChI is InChI=1S/C19H30N4O/c1-3-14(4-2)18(24)21-16-9-8-10-17-15(16)13-20-19(22-17)23-11-6-5-7-12-23/h13-14,16H,3-12H2,1-2H3,(H,21,24). The van der Waals surface area contributed by atoms with Gasteiger partial charge in [-0.1, -0.05) is 13.8 Å². The average molecular weight is 330 g/mol. The van der Waals surface area contributed by atoms with E-state index < -0.39 is 0 Å². The maximum absolute atomic E-state index is 12.4. The summed E-state index contributed by atoms with van der Waals surface area (Å²) in [6.07, 6.45) is 10.6. The van der Waals surface area contributed by atoms with E-state index >= 15 is 0 Å². The van der Waals surface area contributed by atoms with Crippen LogP contribution in [-0.2, 0) is 11.2 Å². The summed E-state index contributed by atoms with van der Waals surface area (Å²) >= 11 is 0. The number of nitrogens with one attached hydrogen (secondary N) is 1. The van der Waals surface area contributed by atoms with Crippen molar-refractivity contribution in [2.45, 2.75) is 71.3 Å². The first-order valence-corrected chi connectivity index (χ1v) is 9.64. The number of rotatable bonds is 5. The van der Waals surface area contributed by atoms with Crippen LogP contribution in [0.2, 0.25) is 0 Å². The van der Waals surface area contributed by atoms with E-state index in [1.54, 1.807) is 0 Å². The molecule has 1 saturated heterocycles. The van der Waals surface area contributed by atoms with Gasteiger partial charge in [-0.15, -0.1) is 0 Å². The van der Waals surface area contributed by atoms with Crippen molar-refractivity contribution in [2.75, 3.05) is 18.0 Å². The Morgan fingerprint density at radius 3 is 2.71 bits per heavy atom. The summed E-state index contributed by atoms with van der Waals surface area (Å²) in [7, 11) is 0. The van der Waals surface area contributed by atoms with E-state index in [4.69, 9.17) is 4.98 Å². The highest BCUT2D eigenvalue weighted by Crippen LogP contribution is 2.30. The Balaban J connectivity index is 1.74. The van der Waals surface area contributed by atoms with Crippen LogP contribution in [0.4, 0.5) is 5.95 Å². The minimum absolute atomic E-state index is 0.0808. The number of aryl methyl sites for hydroxylation is 1. The van der Waals surface area contributed by atoms with Crippen LogP contribution >= 0.6 is 0 Å². The topological polar surface area (TPSA) is 58.1 Å². The Kier molecular flexibility index (Phi) is 5.69.